The normalized spacial score (nSPS) is 17.7. The first-order valence-electron chi connectivity index (χ1n) is 14.0. The highest BCUT2D eigenvalue weighted by molar-refractivity contribution is 5.95. The molecule has 0 N–H and O–H groups in total. The van der Waals surface area contributed by atoms with E-state index in [0.29, 0.717) is 38.1 Å². The zero-order valence-corrected chi connectivity index (χ0v) is 25.0. The van der Waals surface area contributed by atoms with Gasteiger partial charge in [0.15, 0.2) is 17.5 Å². The highest BCUT2D eigenvalue weighted by Gasteiger charge is 2.41. The molecule has 2 amide bonds. The summed E-state index contributed by atoms with van der Waals surface area (Å²) in [5.74, 6) is -3.65. The van der Waals surface area contributed by atoms with E-state index in [1.807, 2.05) is 13.8 Å². The number of methoxy groups -OCH3 is 2. The first-order chi connectivity index (χ1) is 19.2. The molecule has 2 atom stereocenters. The average molecular weight is 581 g/mol. The van der Waals surface area contributed by atoms with E-state index in [-0.39, 0.29) is 36.8 Å². The topological polar surface area (TPSA) is 103 Å². The Morgan fingerprint density at radius 1 is 1.10 bits per heavy atom. The lowest BCUT2D eigenvalue weighted by Gasteiger charge is -2.42. The van der Waals surface area contributed by atoms with E-state index in [2.05, 4.69) is 4.98 Å². The van der Waals surface area contributed by atoms with Crippen LogP contribution in [0.3, 0.4) is 0 Å². The number of nitrogens with zero attached hydrogens (tertiary/aromatic N) is 4. The molecule has 1 unspecified atom stereocenters. The van der Waals surface area contributed by atoms with Crippen molar-refractivity contribution in [2.45, 2.75) is 72.1 Å². The Morgan fingerprint density at radius 2 is 1.78 bits per heavy atom. The van der Waals surface area contributed by atoms with Gasteiger partial charge in [-0.2, -0.15) is 0 Å². The van der Waals surface area contributed by atoms with Crippen LogP contribution in [0.4, 0.5) is 13.6 Å². The monoisotopic (exact) mass is 580 g/mol. The van der Waals surface area contributed by atoms with E-state index in [9.17, 15) is 23.2 Å². The van der Waals surface area contributed by atoms with Crippen LogP contribution in [0.1, 0.15) is 64.5 Å². The minimum Gasteiger partial charge on any atom is -0.469 e. The Hall–Kier alpha value is -3.28. The summed E-state index contributed by atoms with van der Waals surface area (Å²) in [6.07, 6.45) is 0.979. The first-order valence-corrected chi connectivity index (χ1v) is 14.0. The number of aryl methyl sites for hydroxylation is 1. The average Bonchev–Trinajstić information content (AvgIpc) is 3.24. The summed E-state index contributed by atoms with van der Waals surface area (Å²) in [5, 5.41) is 0. The van der Waals surface area contributed by atoms with Crippen LogP contribution < -0.4 is 0 Å². The van der Waals surface area contributed by atoms with Crippen molar-refractivity contribution in [3.05, 3.63) is 29.6 Å². The first kappa shape index (κ1) is 32.2. The van der Waals surface area contributed by atoms with Gasteiger partial charge in [-0.25, -0.2) is 18.6 Å². The second kappa shape index (κ2) is 13.6. The molecule has 0 radical (unpaired) electrons. The summed E-state index contributed by atoms with van der Waals surface area (Å²) in [7, 11) is 2.88. The summed E-state index contributed by atoms with van der Waals surface area (Å²) in [5.41, 5.74) is -0.285. The summed E-state index contributed by atoms with van der Waals surface area (Å²) >= 11 is 0. The van der Waals surface area contributed by atoms with Crippen molar-refractivity contribution in [3.63, 3.8) is 0 Å². The van der Waals surface area contributed by atoms with Gasteiger partial charge in [0.1, 0.15) is 5.60 Å². The van der Waals surface area contributed by atoms with Crippen LogP contribution in [0.15, 0.2) is 12.1 Å². The molecule has 1 saturated heterocycles. The molecule has 10 nitrogen and oxygen atoms in total. The quantitative estimate of drug-likeness (QED) is 0.298. The second-order valence-electron chi connectivity index (χ2n) is 11.9. The number of halogens is 2. The van der Waals surface area contributed by atoms with Gasteiger partial charge in [-0.3, -0.25) is 9.59 Å². The SMILES string of the molecule is COCCCCn1c(C(=O)N(CC(C)C)[C@H]2CC(C(=O)OC)CN(C(=O)OC(C)(C)C)C2)nc2cc(F)c(F)cc21. The van der Waals surface area contributed by atoms with Crippen molar-refractivity contribution in [1.82, 2.24) is 19.4 Å². The number of esters is 1. The lowest BCUT2D eigenvalue weighted by Crippen LogP contribution is -2.57. The van der Waals surface area contributed by atoms with Gasteiger partial charge in [0.25, 0.3) is 5.91 Å². The molecule has 1 fully saturated rings. The van der Waals surface area contributed by atoms with Crippen molar-refractivity contribution in [3.8, 4) is 0 Å². The Balaban J connectivity index is 2.04. The Bertz CT molecular complexity index is 1240. The number of likely N-dealkylation sites (tertiary alicyclic amines) is 1. The van der Waals surface area contributed by atoms with Crippen LogP contribution in [-0.2, 0) is 25.5 Å². The van der Waals surface area contributed by atoms with Crippen molar-refractivity contribution >= 4 is 29.0 Å². The van der Waals surface area contributed by atoms with Gasteiger partial charge in [0, 0.05) is 52.0 Å². The Morgan fingerprint density at radius 3 is 2.39 bits per heavy atom. The number of imidazole rings is 1. The third-order valence-electron chi connectivity index (χ3n) is 6.84. The number of aromatic nitrogens is 2. The zero-order valence-electron chi connectivity index (χ0n) is 25.0. The lowest BCUT2D eigenvalue weighted by molar-refractivity contribution is -0.148. The lowest BCUT2D eigenvalue weighted by atomic mass is 9.92. The van der Waals surface area contributed by atoms with Crippen LogP contribution in [0.25, 0.3) is 11.0 Å². The van der Waals surface area contributed by atoms with Gasteiger partial charge in [-0.05, 0) is 46.0 Å². The number of carbonyl (C=O) groups is 3. The molecule has 3 rings (SSSR count). The number of rotatable bonds is 10. The van der Waals surface area contributed by atoms with E-state index < -0.39 is 47.2 Å². The third-order valence-corrected chi connectivity index (χ3v) is 6.84. The molecule has 41 heavy (non-hydrogen) atoms. The molecule has 1 aromatic carbocycles. The van der Waals surface area contributed by atoms with Crippen molar-refractivity contribution < 1.29 is 37.4 Å². The maximum absolute atomic E-state index is 14.3. The van der Waals surface area contributed by atoms with Gasteiger partial charge in [0.2, 0.25) is 0 Å². The zero-order chi connectivity index (χ0) is 30.5. The second-order valence-corrected chi connectivity index (χ2v) is 11.9. The van der Waals surface area contributed by atoms with Gasteiger partial charge >= 0.3 is 12.1 Å². The molecule has 0 saturated carbocycles. The minimum absolute atomic E-state index is 0.0295. The number of piperidine rings is 1. The fourth-order valence-corrected chi connectivity index (χ4v) is 5.06. The number of hydrogen-bond donors (Lipinski definition) is 0. The highest BCUT2D eigenvalue weighted by Crippen LogP contribution is 2.28. The number of unbranched alkanes of at least 4 members (excludes halogenated alkanes) is 1. The van der Waals surface area contributed by atoms with Crippen LogP contribution >= 0.6 is 0 Å². The number of amides is 2. The largest absolute Gasteiger partial charge is 0.469 e. The number of benzene rings is 1. The van der Waals surface area contributed by atoms with Crippen molar-refractivity contribution in [2.24, 2.45) is 11.8 Å². The van der Waals surface area contributed by atoms with E-state index >= 15 is 0 Å². The number of fused-ring (bicyclic) bond motifs is 1. The molecule has 228 valence electrons. The predicted molar refractivity (Wildman–Crippen MR) is 148 cm³/mol. The smallest absolute Gasteiger partial charge is 0.410 e. The van der Waals surface area contributed by atoms with Crippen LogP contribution in [0, 0.1) is 23.5 Å². The minimum atomic E-state index is -1.05. The van der Waals surface area contributed by atoms with Crippen LogP contribution in [0.2, 0.25) is 0 Å². The van der Waals surface area contributed by atoms with Gasteiger partial charge in [-0.15, -0.1) is 0 Å². The maximum atomic E-state index is 14.3. The van der Waals surface area contributed by atoms with Crippen molar-refractivity contribution in [2.75, 3.05) is 40.5 Å². The molecule has 2 aromatic rings. The standard InChI is InChI=1S/C29H42F2N4O6/c1-18(2)15-35(20-12-19(27(37)40-7)16-33(17-20)28(38)41-29(3,4)5)26(36)25-32-23-13-21(30)22(31)14-24(23)34(25)10-8-9-11-39-6/h13-14,18-20H,8-12,15-17H2,1-7H3/t19?,20-/m0/s1. The van der Waals surface area contributed by atoms with E-state index in [4.69, 9.17) is 14.2 Å². The van der Waals surface area contributed by atoms with Gasteiger partial charge in [0.05, 0.1) is 30.1 Å². The van der Waals surface area contributed by atoms with E-state index in [1.165, 1.54) is 12.0 Å². The molecular weight excluding hydrogens is 538 g/mol. The molecule has 0 bridgehead atoms. The number of ether oxygens (including phenoxy) is 3. The molecule has 0 aliphatic carbocycles. The van der Waals surface area contributed by atoms with Gasteiger partial charge in [-0.1, -0.05) is 13.8 Å². The van der Waals surface area contributed by atoms with Crippen LogP contribution in [0.5, 0.6) is 0 Å². The molecular formula is C29H42F2N4O6. The molecule has 2 heterocycles. The molecule has 0 spiro atoms. The maximum Gasteiger partial charge on any atom is 0.410 e. The molecule has 12 heteroatoms. The third kappa shape index (κ3) is 8.15. The number of hydrogen-bond acceptors (Lipinski definition) is 7. The highest BCUT2D eigenvalue weighted by atomic mass is 19.2. The molecule has 1 aliphatic rings. The van der Waals surface area contributed by atoms with Crippen molar-refractivity contribution in [1.29, 1.82) is 0 Å². The van der Waals surface area contributed by atoms with E-state index in [0.717, 1.165) is 12.1 Å². The summed E-state index contributed by atoms with van der Waals surface area (Å²) < 4.78 is 45.7. The van der Waals surface area contributed by atoms with E-state index in [1.54, 1.807) is 37.3 Å². The fourth-order valence-electron chi connectivity index (χ4n) is 5.06. The predicted octanol–water partition coefficient (Wildman–Crippen LogP) is 4.64. The van der Waals surface area contributed by atoms with Gasteiger partial charge < -0.3 is 28.6 Å². The fraction of sp³-hybridized carbons (Fsp3) is 0.655. The summed E-state index contributed by atoms with van der Waals surface area (Å²) in [6.45, 7) is 10.5. The Kier molecular flexibility index (Phi) is 10.7. The molecule has 1 aliphatic heterocycles. The van der Waals surface area contributed by atoms with Crippen LogP contribution in [-0.4, -0.2) is 89.4 Å². The molecule has 1 aromatic heterocycles. The summed E-state index contributed by atoms with van der Waals surface area (Å²) in [6, 6.07) is 1.47. The number of carbonyl (C=O) groups excluding carboxylic acids is 3. The summed E-state index contributed by atoms with van der Waals surface area (Å²) in [4.78, 5) is 47.5. The Labute approximate surface area is 239 Å².